The minimum Gasteiger partial charge on any atom is -0.347 e. The minimum absolute atomic E-state index is 0.205. The molecule has 28 heavy (non-hydrogen) atoms. The van der Waals surface area contributed by atoms with Crippen LogP contribution in [0.3, 0.4) is 0 Å². The number of hydrogen-bond acceptors (Lipinski definition) is 5. The second-order valence-corrected chi connectivity index (χ2v) is 7.39. The quantitative estimate of drug-likeness (QED) is 0.546. The van der Waals surface area contributed by atoms with E-state index in [1.165, 1.54) is 10.9 Å². The molecule has 0 radical (unpaired) electrons. The first kappa shape index (κ1) is 18.3. The van der Waals surface area contributed by atoms with E-state index in [-0.39, 0.29) is 17.0 Å². The number of nitrogens with one attached hydrogen (secondary N) is 1. The fourth-order valence-corrected chi connectivity index (χ4v) is 3.76. The second kappa shape index (κ2) is 7.92. The van der Waals surface area contributed by atoms with Gasteiger partial charge in [-0.05, 0) is 34.8 Å². The predicted octanol–water partition coefficient (Wildman–Crippen LogP) is 3.48. The van der Waals surface area contributed by atoms with Gasteiger partial charge in [-0.3, -0.25) is 14.2 Å². The highest BCUT2D eigenvalue weighted by Gasteiger charge is 2.18. The smallest absolute Gasteiger partial charge is 0.281 e. The average Bonchev–Trinajstić information content (AvgIpc) is 3.14. The van der Waals surface area contributed by atoms with Crippen LogP contribution < -0.4 is 10.9 Å². The van der Waals surface area contributed by atoms with Crippen molar-refractivity contribution in [3.05, 3.63) is 92.3 Å². The van der Waals surface area contributed by atoms with Crippen molar-refractivity contribution >= 4 is 40.1 Å². The molecule has 0 bridgehead atoms. The van der Waals surface area contributed by atoms with E-state index in [1.54, 1.807) is 12.1 Å². The third kappa shape index (κ3) is 3.81. The Kier molecular flexibility index (Phi) is 5.18. The van der Waals surface area contributed by atoms with Gasteiger partial charge in [-0.1, -0.05) is 54.1 Å². The van der Waals surface area contributed by atoms with Gasteiger partial charge in [-0.2, -0.15) is 4.37 Å². The van der Waals surface area contributed by atoms with E-state index < -0.39 is 0 Å². The summed E-state index contributed by atoms with van der Waals surface area (Å²) in [5.41, 5.74) is 2.13. The molecule has 6 nitrogen and oxygen atoms in total. The third-order valence-corrected chi connectivity index (χ3v) is 5.27. The summed E-state index contributed by atoms with van der Waals surface area (Å²) in [5.74, 6) is -0.319. The fraction of sp³-hybridized carbons (Fsp3) is 0.100. The molecule has 0 spiro atoms. The van der Waals surface area contributed by atoms with Crippen LogP contribution in [-0.4, -0.2) is 19.8 Å². The van der Waals surface area contributed by atoms with E-state index in [2.05, 4.69) is 14.7 Å². The van der Waals surface area contributed by atoms with Crippen molar-refractivity contribution < 1.29 is 4.79 Å². The topological polar surface area (TPSA) is 76.9 Å². The van der Waals surface area contributed by atoms with Crippen LogP contribution in [0.5, 0.6) is 0 Å². The molecular weight excluding hydrogens is 396 g/mol. The number of aromatic nitrogens is 3. The van der Waals surface area contributed by atoms with Gasteiger partial charge in [-0.15, -0.1) is 0 Å². The Morgan fingerprint density at radius 3 is 2.64 bits per heavy atom. The molecule has 0 aliphatic heterocycles. The second-order valence-electron chi connectivity index (χ2n) is 6.18. The van der Waals surface area contributed by atoms with Crippen LogP contribution >= 0.6 is 23.1 Å². The zero-order valence-electron chi connectivity index (χ0n) is 14.6. The highest BCUT2D eigenvalue weighted by Crippen LogP contribution is 2.18. The monoisotopic (exact) mass is 410 g/mol. The number of fused-ring (bicyclic) bond motifs is 1. The number of nitrogens with zero attached hydrogens (tertiary/aromatic N) is 3. The standard InChI is InChI=1S/C20H15ClN4O2S/c21-15-8-4-7-14(9-15)10-22-19(26)18-16-17(24-28-18)20(27)25(12-23-16)11-13-5-2-1-3-6-13/h1-9,12H,10-11H2,(H,22,26). The number of benzene rings is 2. The molecule has 1 N–H and O–H groups in total. The van der Waals surface area contributed by atoms with Crippen molar-refractivity contribution in [2.24, 2.45) is 0 Å². The van der Waals surface area contributed by atoms with Crippen LogP contribution in [0.25, 0.3) is 11.0 Å². The lowest BCUT2D eigenvalue weighted by Crippen LogP contribution is -2.24. The average molecular weight is 411 g/mol. The highest BCUT2D eigenvalue weighted by molar-refractivity contribution is 7.09. The highest BCUT2D eigenvalue weighted by atomic mass is 35.5. The van der Waals surface area contributed by atoms with E-state index in [9.17, 15) is 9.59 Å². The molecule has 0 saturated heterocycles. The molecular formula is C20H15ClN4O2S. The molecule has 0 aliphatic rings. The van der Waals surface area contributed by atoms with Gasteiger partial charge < -0.3 is 5.32 Å². The van der Waals surface area contributed by atoms with Crippen LogP contribution in [-0.2, 0) is 13.1 Å². The molecule has 0 atom stereocenters. The van der Waals surface area contributed by atoms with Crippen LogP contribution in [0, 0.1) is 0 Å². The summed E-state index contributed by atoms with van der Waals surface area (Å²) < 4.78 is 5.67. The summed E-state index contributed by atoms with van der Waals surface area (Å²) in [6.07, 6.45) is 1.46. The molecule has 140 valence electrons. The van der Waals surface area contributed by atoms with Gasteiger partial charge in [-0.25, -0.2) is 4.98 Å². The van der Waals surface area contributed by atoms with Gasteiger partial charge in [0.05, 0.1) is 12.9 Å². The Morgan fingerprint density at radius 1 is 1.07 bits per heavy atom. The fourth-order valence-electron chi connectivity index (χ4n) is 2.81. The first-order valence-electron chi connectivity index (χ1n) is 8.53. The summed E-state index contributed by atoms with van der Waals surface area (Å²) in [5, 5.41) is 3.43. The van der Waals surface area contributed by atoms with Crippen molar-refractivity contribution in [3.63, 3.8) is 0 Å². The predicted molar refractivity (Wildman–Crippen MR) is 110 cm³/mol. The Balaban J connectivity index is 1.56. The first-order valence-corrected chi connectivity index (χ1v) is 9.68. The van der Waals surface area contributed by atoms with E-state index in [0.29, 0.717) is 28.5 Å². The van der Waals surface area contributed by atoms with Gasteiger partial charge in [0.1, 0.15) is 10.4 Å². The molecule has 0 saturated carbocycles. The lowest BCUT2D eigenvalue weighted by molar-refractivity contribution is 0.0956. The zero-order chi connectivity index (χ0) is 19.5. The SMILES string of the molecule is O=C(NCc1cccc(Cl)c1)c1snc2c(=O)n(Cc3ccccc3)cnc12. The van der Waals surface area contributed by atoms with Crippen molar-refractivity contribution in [3.8, 4) is 0 Å². The maximum absolute atomic E-state index is 12.7. The number of hydrogen-bond donors (Lipinski definition) is 1. The molecule has 2 aromatic carbocycles. The molecule has 1 amide bonds. The van der Waals surface area contributed by atoms with Crippen molar-refractivity contribution in [1.82, 2.24) is 19.2 Å². The van der Waals surface area contributed by atoms with Gasteiger partial charge in [0.25, 0.3) is 11.5 Å². The van der Waals surface area contributed by atoms with Crippen LogP contribution in [0.15, 0.2) is 65.7 Å². The largest absolute Gasteiger partial charge is 0.347 e. The van der Waals surface area contributed by atoms with Gasteiger partial charge in [0.2, 0.25) is 0 Å². The molecule has 0 aliphatic carbocycles. The molecule has 2 heterocycles. The number of amides is 1. The summed E-state index contributed by atoms with van der Waals surface area (Å²) in [7, 11) is 0. The minimum atomic E-state index is -0.319. The molecule has 4 aromatic rings. The molecule has 4 rings (SSSR count). The van der Waals surface area contributed by atoms with Crippen LogP contribution in [0.2, 0.25) is 5.02 Å². The maximum Gasteiger partial charge on any atom is 0.281 e. The number of halogens is 1. The van der Waals surface area contributed by atoms with Crippen molar-refractivity contribution in [1.29, 1.82) is 0 Å². The Hall–Kier alpha value is -3.03. The van der Waals surface area contributed by atoms with Crippen molar-refractivity contribution in [2.75, 3.05) is 0 Å². The maximum atomic E-state index is 12.7. The molecule has 0 unspecified atom stereocenters. The third-order valence-electron chi connectivity index (χ3n) is 4.20. The summed E-state index contributed by atoms with van der Waals surface area (Å²) >= 11 is 6.93. The van der Waals surface area contributed by atoms with Crippen LogP contribution in [0.4, 0.5) is 0 Å². The van der Waals surface area contributed by atoms with Crippen LogP contribution in [0.1, 0.15) is 20.8 Å². The van der Waals surface area contributed by atoms with Crippen molar-refractivity contribution in [2.45, 2.75) is 13.1 Å². The lowest BCUT2D eigenvalue weighted by atomic mass is 10.2. The number of rotatable bonds is 5. The number of carbonyl (C=O) groups excluding carboxylic acids is 1. The van der Waals surface area contributed by atoms with E-state index >= 15 is 0 Å². The lowest BCUT2D eigenvalue weighted by Gasteiger charge is -2.06. The summed E-state index contributed by atoms with van der Waals surface area (Å²) in [4.78, 5) is 29.9. The Labute approximate surface area is 169 Å². The summed E-state index contributed by atoms with van der Waals surface area (Å²) in [6.45, 7) is 0.723. The normalized spacial score (nSPS) is 10.9. The van der Waals surface area contributed by atoms with E-state index in [1.807, 2.05) is 42.5 Å². The molecule has 0 fully saturated rings. The van der Waals surface area contributed by atoms with E-state index in [4.69, 9.17) is 11.6 Å². The summed E-state index contributed by atoms with van der Waals surface area (Å²) in [6, 6.07) is 16.9. The Morgan fingerprint density at radius 2 is 1.86 bits per heavy atom. The zero-order valence-corrected chi connectivity index (χ0v) is 16.2. The van der Waals surface area contributed by atoms with Gasteiger partial charge in [0, 0.05) is 11.6 Å². The number of carbonyl (C=O) groups is 1. The first-order chi connectivity index (χ1) is 13.6. The van der Waals surface area contributed by atoms with Gasteiger partial charge >= 0.3 is 0 Å². The molecule has 2 aromatic heterocycles. The molecule has 8 heteroatoms. The Bertz CT molecular complexity index is 1200. The van der Waals surface area contributed by atoms with Gasteiger partial charge in [0.15, 0.2) is 5.52 Å². The van der Waals surface area contributed by atoms with E-state index in [0.717, 1.165) is 22.7 Å².